The predicted molar refractivity (Wildman–Crippen MR) is 61.5 cm³/mol. The Hall–Kier alpha value is -0.120. The maximum atomic E-state index is 9.82. The Labute approximate surface area is 92.6 Å². The fraction of sp³-hybridized carbons (Fsp3) is 1.00. The summed E-state index contributed by atoms with van der Waals surface area (Å²) < 4.78 is 0. The van der Waals surface area contributed by atoms with Gasteiger partial charge in [0.15, 0.2) is 0 Å². The summed E-state index contributed by atoms with van der Waals surface area (Å²) in [5, 5.41) is 9.82. The van der Waals surface area contributed by atoms with Gasteiger partial charge in [-0.15, -0.1) is 0 Å². The molecule has 2 aliphatic rings. The minimum atomic E-state index is -0.0408. The van der Waals surface area contributed by atoms with Crippen LogP contribution in [0.25, 0.3) is 0 Å². The first-order valence-electron chi connectivity index (χ1n) is 6.12. The monoisotopic (exact) mass is 212 g/mol. The summed E-state index contributed by atoms with van der Waals surface area (Å²) in [5.74, 6) is 1.28. The molecule has 0 aromatic carbocycles. The highest BCUT2D eigenvalue weighted by atomic mass is 16.3. The quantitative estimate of drug-likeness (QED) is 0.723. The normalized spacial score (nSPS) is 37.2. The van der Waals surface area contributed by atoms with Crippen LogP contribution in [0, 0.1) is 17.3 Å². The zero-order chi connectivity index (χ0) is 11.1. The largest absolute Gasteiger partial charge is 0.393 e. The van der Waals surface area contributed by atoms with Gasteiger partial charge in [0.2, 0.25) is 0 Å². The molecule has 0 bridgehead atoms. The smallest absolute Gasteiger partial charge is 0.0583 e. The number of fused-ring (bicyclic) bond motifs is 1. The lowest BCUT2D eigenvalue weighted by Gasteiger charge is -2.29. The third-order valence-electron chi connectivity index (χ3n) is 4.10. The molecule has 2 fully saturated rings. The van der Waals surface area contributed by atoms with Gasteiger partial charge in [0.05, 0.1) is 6.10 Å². The first kappa shape index (κ1) is 11.4. The first-order chi connectivity index (χ1) is 7.02. The molecule has 3 atom stereocenters. The van der Waals surface area contributed by atoms with Crippen molar-refractivity contribution in [2.24, 2.45) is 23.0 Å². The van der Waals surface area contributed by atoms with Crippen LogP contribution >= 0.6 is 0 Å². The molecule has 1 heterocycles. The molecular weight excluding hydrogens is 188 g/mol. The van der Waals surface area contributed by atoms with E-state index in [0.29, 0.717) is 5.92 Å². The van der Waals surface area contributed by atoms with Crippen molar-refractivity contribution in [2.45, 2.75) is 32.8 Å². The predicted octanol–water partition coefficient (Wildman–Crippen LogP) is 0.674. The van der Waals surface area contributed by atoms with Crippen LogP contribution in [0.3, 0.4) is 0 Å². The van der Waals surface area contributed by atoms with Crippen LogP contribution in [-0.4, -0.2) is 42.3 Å². The molecule has 0 aromatic heterocycles. The number of likely N-dealkylation sites (tertiary alicyclic amines) is 1. The molecule has 0 amide bonds. The van der Waals surface area contributed by atoms with Crippen LogP contribution in [0.1, 0.15) is 26.7 Å². The van der Waals surface area contributed by atoms with E-state index in [4.69, 9.17) is 5.73 Å². The second-order valence-electron chi connectivity index (χ2n) is 6.13. The highest BCUT2D eigenvalue weighted by Gasteiger charge is 2.42. The van der Waals surface area contributed by atoms with E-state index < -0.39 is 0 Å². The molecule has 1 saturated heterocycles. The molecule has 0 aromatic rings. The second kappa shape index (κ2) is 4.04. The molecule has 3 heteroatoms. The molecule has 0 spiro atoms. The van der Waals surface area contributed by atoms with Crippen molar-refractivity contribution in [1.82, 2.24) is 4.90 Å². The summed E-state index contributed by atoms with van der Waals surface area (Å²) in [5.41, 5.74) is 5.96. The Bertz CT molecular complexity index is 230. The van der Waals surface area contributed by atoms with Gasteiger partial charge in [0.1, 0.15) is 0 Å². The number of nitrogens with two attached hydrogens (primary N) is 1. The standard InChI is InChI=1S/C12H24N2O/c1-12(2,7-13)8-14-5-9-3-4-11(15)10(9)6-14/h9-11,15H,3-8,13H2,1-2H3. The fourth-order valence-electron chi connectivity index (χ4n) is 3.13. The average Bonchev–Trinajstić information content (AvgIpc) is 2.69. The van der Waals surface area contributed by atoms with Crippen LogP contribution in [0.15, 0.2) is 0 Å². The van der Waals surface area contributed by atoms with Gasteiger partial charge in [-0.2, -0.15) is 0 Å². The minimum absolute atomic E-state index is 0.0408. The molecule has 15 heavy (non-hydrogen) atoms. The summed E-state index contributed by atoms with van der Waals surface area (Å²) in [6, 6.07) is 0. The second-order valence-corrected chi connectivity index (χ2v) is 6.13. The fourth-order valence-corrected chi connectivity index (χ4v) is 3.13. The van der Waals surface area contributed by atoms with Crippen molar-refractivity contribution >= 4 is 0 Å². The summed E-state index contributed by atoms with van der Waals surface area (Å²) in [7, 11) is 0. The van der Waals surface area contributed by atoms with E-state index in [2.05, 4.69) is 18.7 Å². The van der Waals surface area contributed by atoms with Gasteiger partial charge in [-0.3, -0.25) is 0 Å². The molecule has 1 aliphatic heterocycles. The maximum Gasteiger partial charge on any atom is 0.0583 e. The minimum Gasteiger partial charge on any atom is -0.393 e. The molecule has 1 saturated carbocycles. The van der Waals surface area contributed by atoms with E-state index >= 15 is 0 Å². The molecular formula is C12H24N2O. The maximum absolute atomic E-state index is 9.82. The van der Waals surface area contributed by atoms with Gasteiger partial charge in [0, 0.05) is 25.6 Å². The van der Waals surface area contributed by atoms with Crippen molar-refractivity contribution < 1.29 is 5.11 Å². The summed E-state index contributed by atoms with van der Waals surface area (Å²) in [6.45, 7) is 8.50. The Morgan fingerprint density at radius 3 is 2.67 bits per heavy atom. The van der Waals surface area contributed by atoms with E-state index in [1.165, 1.54) is 13.0 Å². The third-order valence-corrected chi connectivity index (χ3v) is 4.10. The van der Waals surface area contributed by atoms with Gasteiger partial charge in [-0.05, 0) is 30.7 Å². The van der Waals surface area contributed by atoms with E-state index in [0.717, 1.165) is 32.0 Å². The number of nitrogens with zero attached hydrogens (tertiary/aromatic N) is 1. The topological polar surface area (TPSA) is 49.5 Å². The third kappa shape index (κ3) is 2.35. The lowest BCUT2D eigenvalue weighted by molar-refractivity contribution is 0.118. The number of hydrogen-bond donors (Lipinski definition) is 2. The highest BCUT2D eigenvalue weighted by molar-refractivity contribution is 4.94. The van der Waals surface area contributed by atoms with Gasteiger partial charge in [0.25, 0.3) is 0 Å². The SMILES string of the molecule is CC(C)(CN)CN1CC2CCC(O)C2C1. The molecule has 3 N–H and O–H groups in total. The van der Waals surface area contributed by atoms with Crippen molar-refractivity contribution in [3.63, 3.8) is 0 Å². The molecule has 1 aliphatic carbocycles. The van der Waals surface area contributed by atoms with E-state index in [9.17, 15) is 5.11 Å². The zero-order valence-electron chi connectivity index (χ0n) is 9.95. The Morgan fingerprint density at radius 2 is 2.07 bits per heavy atom. The lowest BCUT2D eigenvalue weighted by Crippen LogP contribution is -2.38. The molecule has 0 radical (unpaired) electrons. The molecule has 88 valence electrons. The van der Waals surface area contributed by atoms with Crippen molar-refractivity contribution in [1.29, 1.82) is 0 Å². The van der Waals surface area contributed by atoms with Crippen molar-refractivity contribution in [3.05, 3.63) is 0 Å². The van der Waals surface area contributed by atoms with E-state index in [1.807, 2.05) is 0 Å². The highest BCUT2D eigenvalue weighted by Crippen LogP contribution is 2.38. The number of hydrogen-bond acceptors (Lipinski definition) is 3. The zero-order valence-corrected chi connectivity index (χ0v) is 9.95. The molecule has 3 nitrogen and oxygen atoms in total. The van der Waals surface area contributed by atoms with E-state index in [1.54, 1.807) is 0 Å². The first-order valence-corrected chi connectivity index (χ1v) is 6.12. The number of aliphatic hydroxyl groups excluding tert-OH is 1. The van der Waals surface area contributed by atoms with Gasteiger partial charge >= 0.3 is 0 Å². The van der Waals surface area contributed by atoms with Crippen molar-refractivity contribution in [2.75, 3.05) is 26.2 Å². The Balaban J connectivity index is 1.88. The van der Waals surface area contributed by atoms with Crippen LogP contribution in [0.4, 0.5) is 0 Å². The lowest BCUT2D eigenvalue weighted by atomic mass is 9.93. The van der Waals surface area contributed by atoms with Crippen LogP contribution in [0.5, 0.6) is 0 Å². The van der Waals surface area contributed by atoms with Crippen LogP contribution in [-0.2, 0) is 0 Å². The van der Waals surface area contributed by atoms with E-state index in [-0.39, 0.29) is 11.5 Å². The Kier molecular flexibility index (Phi) is 3.06. The summed E-state index contributed by atoms with van der Waals surface area (Å²) in [6.07, 6.45) is 2.19. The molecule has 2 rings (SSSR count). The van der Waals surface area contributed by atoms with Crippen LogP contribution < -0.4 is 5.73 Å². The van der Waals surface area contributed by atoms with Crippen molar-refractivity contribution in [3.8, 4) is 0 Å². The van der Waals surface area contributed by atoms with Gasteiger partial charge in [-0.1, -0.05) is 13.8 Å². The van der Waals surface area contributed by atoms with Gasteiger partial charge < -0.3 is 15.7 Å². The summed E-state index contributed by atoms with van der Waals surface area (Å²) >= 11 is 0. The summed E-state index contributed by atoms with van der Waals surface area (Å²) in [4.78, 5) is 2.49. The van der Waals surface area contributed by atoms with Crippen LogP contribution in [0.2, 0.25) is 0 Å². The number of aliphatic hydroxyl groups is 1. The molecule has 3 unspecified atom stereocenters. The Morgan fingerprint density at radius 1 is 1.33 bits per heavy atom. The van der Waals surface area contributed by atoms with Gasteiger partial charge in [-0.25, -0.2) is 0 Å². The number of rotatable bonds is 3. The average molecular weight is 212 g/mol.